The zero-order valence-corrected chi connectivity index (χ0v) is 21.0. The highest BCUT2D eigenvalue weighted by Crippen LogP contribution is 2.38. The zero-order chi connectivity index (χ0) is 25.6. The van der Waals surface area contributed by atoms with Crippen LogP contribution in [-0.4, -0.2) is 64.7 Å². The first-order valence-corrected chi connectivity index (χ1v) is 12.3. The second kappa shape index (κ2) is 9.47. The number of hydrogen-bond acceptors (Lipinski definition) is 9. The van der Waals surface area contributed by atoms with Crippen LogP contribution >= 0.6 is 11.6 Å². The van der Waals surface area contributed by atoms with Gasteiger partial charge in [-0.15, -0.1) is 0 Å². The molecule has 1 saturated carbocycles. The summed E-state index contributed by atoms with van der Waals surface area (Å²) in [5, 5.41) is 3.87. The molecule has 0 radical (unpaired) electrons. The van der Waals surface area contributed by atoms with Gasteiger partial charge in [-0.1, -0.05) is 11.6 Å². The number of halogens is 1. The van der Waals surface area contributed by atoms with Gasteiger partial charge >= 0.3 is 0 Å². The van der Waals surface area contributed by atoms with Crippen molar-refractivity contribution in [3.05, 3.63) is 39.1 Å². The first-order valence-electron chi connectivity index (χ1n) is 11.9. The van der Waals surface area contributed by atoms with Crippen molar-refractivity contribution in [2.45, 2.75) is 32.4 Å². The number of benzene rings is 1. The second-order valence-corrected chi connectivity index (χ2v) is 9.42. The summed E-state index contributed by atoms with van der Waals surface area (Å²) in [5.74, 6) is -0.120. The minimum atomic E-state index is -0.891. The molecule has 3 aromatic rings. The number of primary amides is 1. The number of hydrogen-bond donors (Lipinski definition) is 3. The molecule has 1 aliphatic carbocycles. The number of anilines is 4. The Morgan fingerprint density at radius 2 is 1.97 bits per heavy atom. The number of pyridine rings is 1. The summed E-state index contributed by atoms with van der Waals surface area (Å²) in [7, 11) is 1.59. The lowest BCUT2D eigenvalue weighted by molar-refractivity contribution is 0.1000. The van der Waals surface area contributed by atoms with Gasteiger partial charge in [0.25, 0.3) is 5.91 Å². The third kappa shape index (κ3) is 4.28. The molecule has 1 aliphatic heterocycles. The van der Waals surface area contributed by atoms with Crippen LogP contribution in [0.15, 0.2) is 23.1 Å². The summed E-state index contributed by atoms with van der Waals surface area (Å²) in [6.45, 7) is 6.05. The first kappa shape index (κ1) is 24.1. The number of aryl methyl sites for hydroxylation is 1. The van der Waals surface area contributed by atoms with Gasteiger partial charge in [-0.2, -0.15) is 4.98 Å². The van der Waals surface area contributed by atoms with Gasteiger partial charge < -0.3 is 31.0 Å². The minimum absolute atomic E-state index is 0.0288. The molecule has 12 heteroatoms. The number of ether oxygens (including phenoxy) is 1. The van der Waals surface area contributed by atoms with Crippen molar-refractivity contribution in [1.82, 2.24) is 19.4 Å². The highest BCUT2D eigenvalue weighted by Gasteiger charge is 2.31. The minimum Gasteiger partial charge on any atom is -0.494 e. The summed E-state index contributed by atoms with van der Waals surface area (Å²) in [4.78, 5) is 38.2. The Morgan fingerprint density at radius 3 is 2.58 bits per heavy atom. The molecule has 3 heterocycles. The Morgan fingerprint density at radius 1 is 1.25 bits per heavy atom. The van der Waals surface area contributed by atoms with Crippen molar-refractivity contribution in [2.24, 2.45) is 5.73 Å². The van der Waals surface area contributed by atoms with Crippen molar-refractivity contribution in [3.63, 3.8) is 0 Å². The van der Waals surface area contributed by atoms with Gasteiger partial charge in [-0.3, -0.25) is 14.5 Å². The van der Waals surface area contributed by atoms with Crippen molar-refractivity contribution >= 4 is 51.7 Å². The number of aromatic nitrogens is 3. The lowest BCUT2D eigenvalue weighted by Crippen LogP contribution is -2.47. The molecule has 1 amide bonds. The number of methoxy groups -OCH3 is 1. The van der Waals surface area contributed by atoms with Crippen molar-refractivity contribution in [1.29, 1.82) is 0 Å². The summed E-state index contributed by atoms with van der Waals surface area (Å²) in [6.07, 6.45) is 3.96. The average Bonchev–Trinajstić information content (AvgIpc) is 3.70. The molecular formula is C24H29ClN8O3. The van der Waals surface area contributed by atoms with E-state index in [4.69, 9.17) is 27.8 Å². The topological polar surface area (TPSA) is 145 Å². The summed E-state index contributed by atoms with van der Waals surface area (Å²) >= 11 is 6.70. The summed E-state index contributed by atoms with van der Waals surface area (Å²) in [6, 6.07) is 4.46. The van der Waals surface area contributed by atoms with E-state index >= 15 is 0 Å². The second-order valence-electron chi connectivity index (χ2n) is 9.01. The zero-order valence-electron chi connectivity index (χ0n) is 20.3. The smallest absolute Gasteiger partial charge is 0.256 e. The van der Waals surface area contributed by atoms with Crippen LogP contribution in [0.2, 0.25) is 5.02 Å². The van der Waals surface area contributed by atoms with Crippen LogP contribution in [0.5, 0.6) is 5.75 Å². The van der Waals surface area contributed by atoms with E-state index in [1.54, 1.807) is 17.7 Å². The van der Waals surface area contributed by atoms with E-state index in [1.807, 2.05) is 13.0 Å². The fourth-order valence-electron chi connectivity index (χ4n) is 4.80. The molecule has 1 aromatic carbocycles. The molecule has 5 rings (SSSR count). The maximum absolute atomic E-state index is 12.8. The normalized spacial score (nSPS) is 16.4. The van der Waals surface area contributed by atoms with E-state index in [1.165, 1.54) is 19.0 Å². The van der Waals surface area contributed by atoms with Crippen LogP contribution in [0.25, 0.3) is 11.0 Å². The van der Waals surface area contributed by atoms with Gasteiger partial charge in [0.15, 0.2) is 5.65 Å². The molecule has 36 heavy (non-hydrogen) atoms. The van der Waals surface area contributed by atoms with E-state index in [9.17, 15) is 9.59 Å². The molecule has 2 fully saturated rings. The van der Waals surface area contributed by atoms with Gasteiger partial charge in [0.05, 0.1) is 28.9 Å². The van der Waals surface area contributed by atoms with E-state index in [0.717, 1.165) is 37.9 Å². The number of nitrogens with zero attached hydrogens (tertiary/aromatic N) is 5. The van der Waals surface area contributed by atoms with Crippen LogP contribution in [0, 0.1) is 0 Å². The number of carbonyl (C=O) groups excluding carboxylic acids is 1. The largest absolute Gasteiger partial charge is 0.494 e. The van der Waals surface area contributed by atoms with Crippen LogP contribution < -0.4 is 31.8 Å². The predicted molar refractivity (Wildman–Crippen MR) is 140 cm³/mol. The molecule has 0 bridgehead atoms. The average molecular weight is 513 g/mol. The van der Waals surface area contributed by atoms with Crippen LogP contribution in [0.3, 0.4) is 0 Å². The molecule has 0 spiro atoms. The molecule has 2 aliphatic rings. The molecule has 1 saturated heterocycles. The standard InChI is InChI=1S/C24H29ClN8O3/c1-3-33-21(26)19(22(27)35)20(34)14-12-28-24(30-23(14)33)29-16-10-15(25)17(11-18(16)36-2)32-8-6-31(7-9-32)13-4-5-13/h10-13H,3-9,26H2,1-2H3,(H2,27,35)(H,28,29,30). The Hall–Kier alpha value is -3.57. The lowest BCUT2D eigenvalue weighted by atomic mass is 10.1. The maximum Gasteiger partial charge on any atom is 0.256 e. The van der Waals surface area contributed by atoms with Gasteiger partial charge in [-0.05, 0) is 25.8 Å². The number of carbonyl (C=O) groups is 1. The number of nitrogens with one attached hydrogen (secondary N) is 1. The van der Waals surface area contributed by atoms with Gasteiger partial charge in [0, 0.05) is 51.0 Å². The number of fused-ring (bicyclic) bond motifs is 1. The molecule has 2 aromatic heterocycles. The third-order valence-corrected chi connectivity index (χ3v) is 7.14. The van der Waals surface area contributed by atoms with E-state index in [2.05, 4.69) is 25.1 Å². The number of nitrogen functional groups attached to an aromatic ring is 1. The maximum atomic E-state index is 12.8. The monoisotopic (exact) mass is 512 g/mol. The lowest BCUT2D eigenvalue weighted by Gasteiger charge is -2.36. The van der Waals surface area contributed by atoms with Crippen LogP contribution in [-0.2, 0) is 6.54 Å². The van der Waals surface area contributed by atoms with E-state index < -0.39 is 11.3 Å². The fraction of sp³-hybridized carbons (Fsp3) is 0.417. The van der Waals surface area contributed by atoms with Gasteiger partial charge in [0.2, 0.25) is 11.4 Å². The Balaban J connectivity index is 1.46. The van der Waals surface area contributed by atoms with Crippen molar-refractivity contribution in [3.8, 4) is 5.75 Å². The summed E-state index contributed by atoms with van der Waals surface area (Å²) in [5.41, 5.74) is 12.4. The fourth-order valence-corrected chi connectivity index (χ4v) is 5.08. The van der Waals surface area contributed by atoms with Crippen LogP contribution in [0.1, 0.15) is 30.1 Å². The number of nitrogens with two attached hydrogens (primary N) is 2. The molecule has 5 N–H and O–H groups in total. The highest BCUT2D eigenvalue weighted by molar-refractivity contribution is 6.33. The first-order chi connectivity index (χ1) is 17.3. The van der Waals surface area contributed by atoms with Gasteiger partial charge in [0.1, 0.15) is 17.1 Å². The number of piperazine rings is 1. The van der Waals surface area contributed by atoms with Crippen LogP contribution in [0.4, 0.5) is 23.1 Å². The number of amides is 1. The number of rotatable bonds is 7. The predicted octanol–water partition coefficient (Wildman–Crippen LogP) is 2.18. The molecule has 0 unspecified atom stereocenters. The van der Waals surface area contributed by atoms with Crippen molar-refractivity contribution in [2.75, 3.05) is 49.2 Å². The molecule has 11 nitrogen and oxygen atoms in total. The van der Waals surface area contributed by atoms with E-state index in [-0.39, 0.29) is 28.4 Å². The third-order valence-electron chi connectivity index (χ3n) is 6.84. The summed E-state index contributed by atoms with van der Waals surface area (Å²) < 4.78 is 7.20. The van der Waals surface area contributed by atoms with Gasteiger partial charge in [-0.25, -0.2) is 4.98 Å². The quantitative estimate of drug-likeness (QED) is 0.433. The Bertz CT molecular complexity index is 1400. The van der Waals surface area contributed by atoms with Crippen molar-refractivity contribution < 1.29 is 9.53 Å². The molecule has 0 atom stereocenters. The Kier molecular flexibility index (Phi) is 6.35. The Labute approximate surface area is 213 Å². The molecule has 190 valence electrons. The highest BCUT2D eigenvalue weighted by atomic mass is 35.5. The SMILES string of the molecule is CCn1c(N)c(C(N)=O)c(=O)c2cnc(Nc3cc(Cl)c(N4CCN(C5CC5)CC4)cc3OC)nc21. The molecular weight excluding hydrogens is 484 g/mol. The van der Waals surface area contributed by atoms with E-state index in [0.29, 0.717) is 23.0 Å².